The Morgan fingerprint density at radius 1 is 0.565 bits per heavy atom. The van der Waals surface area contributed by atoms with E-state index in [1.807, 2.05) is 60.7 Å². The van der Waals surface area contributed by atoms with Gasteiger partial charge in [0.25, 0.3) is 0 Å². The number of phenols is 6. The minimum atomic E-state index is -1.06. The summed E-state index contributed by atoms with van der Waals surface area (Å²) in [5.74, 6) is -1.26. The van der Waals surface area contributed by atoms with Gasteiger partial charge in [-0.15, -0.1) is 0 Å². The Labute approximate surface area is 354 Å². The number of aryl methyl sites for hydroxylation is 1. The first-order chi connectivity index (χ1) is 29.8. The van der Waals surface area contributed by atoms with E-state index in [4.69, 9.17) is 18.9 Å². The van der Waals surface area contributed by atoms with Gasteiger partial charge >= 0.3 is 12.1 Å². The molecule has 2 heterocycles. The van der Waals surface area contributed by atoms with Gasteiger partial charge in [-0.1, -0.05) is 72.8 Å². The molecule has 0 saturated carbocycles. The number of hydrogen-bond donors (Lipinski definition) is 9. The summed E-state index contributed by atoms with van der Waals surface area (Å²) in [6.07, 6.45) is -3.64. The van der Waals surface area contributed by atoms with Gasteiger partial charge in [0.2, 0.25) is 0 Å². The van der Waals surface area contributed by atoms with Gasteiger partial charge in [0.15, 0.2) is 23.0 Å². The summed E-state index contributed by atoms with van der Waals surface area (Å²) in [5, 5.41) is 81.9. The number of hydrogen-bond acceptors (Lipinski definition) is 14. The van der Waals surface area contributed by atoms with Gasteiger partial charge in [-0.05, 0) is 52.9 Å². The number of ether oxygens (including phenoxy) is 4. The van der Waals surface area contributed by atoms with Gasteiger partial charge in [-0.3, -0.25) is 4.79 Å². The summed E-state index contributed by atoms with van der Waals surface area (Å²) in [4.78, 5) is 25.4. The number of esters is 1. The van der Waals surface area contributed by atoms with Crippen LogP contribution in [0.3, 0.4) is 0 Å². The van der Waals surface area contributed by atoms with Crippen LogP contribution in [0.5, 0.6) is 57.5 Å². The van der Waals surface area contributed by atoms with Crippen molar-refractivity contribution in [3.05, 3.63) is 155 Å². The Kier molecular flexibility index (Phi) is 12.9. The van der Waals surface area contributed by atoms with Crippen molar-refractivity contribution >= 4 is 12.1 Å². The number of rotatable bonds is 9. The highest BCUT2D eigenvalue weighted by atomic mass is 16.6. The smallest absolute Gasteiger partial charge is 0.413 e. The third-order valence-electron chi connectivity index (χ3n) is 10.2. The molecule has 1 amide bonds. The van der Waals surface area contributed by atoms with Crippen LogP contribution in [-0.2, 0) is 30.6 Å². The zero-order chi connectivity index (χ0) is 43.9. The van der Waals surface area contributed by atoms with Crippen molar-refractivity contribution in [1.29, 1.82) is 0 Å². The molecule has 4 unspecified atom stereocenters. The minimum absolute atomic E-state index is 0.0302. The molecule has 0 bridgehead atoms. The molecule has 6 aromatic rings. The molecule has 6 aromatic carbocycles. The monoisotopic (exact) mass is 845 g/mol. The summed E-state index contributed by atoms with van der Waals surface area (Å²) in [6.45, 7) is 0.222. The first-order valence-electron chi connectivity index (χ1n) is 19.5. The van der Waals surface area contributed by atoms with Crippen molar-refractivity contribution in [2.45, 2.75) is 56.6 Å². The fourth-order valence-electron chi connectivity index (χ4n) is 7.05. The molecule has 0 aromatic heterocycles. The van der Waals surface area contributed by atoms with Crippen LogP contribution in [0.1, 0.15) is 52.0 Å². The average Bonchev–Trinajstić information content (AvgIpc) is 3.25. The summed E-state index contributed by atoms with van der Waals surface area (Å²) < 4.78 is 22.7. The number of aliphatic hydroxyl groups excluding tert-OH is 2. The highest BCUT2D eigenvalue weighted by molar-refractivity contribution is 5.76. The predicted molar refractivity (Wildman–Crippen MR) is 222 cm³/mol. The van der Waals surface area contributed by atoms with Crippen molar-refractivity contribution in [2.24, 2.45) is 0 Å². The molecular formula is C47H43NO14. The van der Waals surface area contributed by atoms with Gasteiger partial charge in [0, 0.05) is 61.2 Å². The molecule has 2 aliphatic rings. The second-order valence-corrected chi connectivity index (χ2v) is 14.6. The number of fused-ring (bicyclic) bond motifs is 2. The van der Waals surface area contributed by atoms with Gasteiger partial charge < -0.3 is 65.1 Å². The zero-order valence-electron chi connectivity index (χ0n) is 32.9. The number of carbonyl (C=O) groups excluding carboxylic acids is 2. The second-order valence-electron chi connectivity index (χ2n) is 14.6. The molecule has 8 rings (SSSR count). The van der Waals surface area contributed by atoms with E-state index in [1.54, 1.807) is 6.07 Å². The number of phenolic OH excluding ortho intramolecular Hbond substituents is 6. The Balaban J connectivity index is 0.000000230. The van der Waals surface area contributed by atoms with Crippen molar-refractivity contribution in [3.8, 4) is 57.5 Å². The first kappa shape index (κ1) is 42.5. The molecule has 62 heavy (non-hydrogen) atoms. The Hall–Kier alpha value is -7.62. The van der Waals surface area contributed by atoms with Crippen LogP contribution in [0.4, 0.5) is 4.79 Å². The summed E-state index contributed by atoms with van der Waals surface area (Å²) >= 11 is 0. The molecule has 320 valence electrons. The molecule has 2 aliphatic heterocycles. The van der Waals surface area contributed by atoms with Crippen LogP contribution in [0.15, 0.2) is 121 Å². The lowest BCUT2D eigenvalue weighted by molar-refractivity contribution is -0.134. The van der Waals surface area contributed by atoms with Crippen LogP contribution in [0.25, 0.3) is 0 Å². The van der Waals surface area contributed by atoms with Crippen molar-refractivity contribution < 1.29 is 69.4 Å². The third-order valence-corrected chi connectivity index (χ3v) is 10.2. The largest absolute Gasteiger partial charge is 0.508 e. The van der Waals surface area contributed by atoms with E-state index in [0.29, 0.717) is 28.7 Å². The average molecular weight is 846 g/mol. The number of benzene rings is 6. The van der Waals surface area contributed by atoms with Crippen LogP contribution in [-0.4, -0.2) is 65.1 Å². The Bertz CT molecular complexity index is 2550. The maximum atomic E-state index is 12.7. The fourth-order valence-corrected chi connectivity index (χ4v) is 7.05. The predicted octanol–water partition coefficient (Wildman–Crippen LogP) is 6.51. The highest BCUT2D eigenvalue weighted by Gasteiger charge is 2.34. The lowest BCUT2D eigenvalue weighted by Gasteiger charge is -2.31. The highest BCUT2D eigenvalue weighted by Crippen LogP contribution is 2.44. The summed E-state index contributed by atoms with van der Waals surface area (Å²) in [7, 11) is 0. The molecule has 0 saturated heterocycles. The number of nitrogens with one attached hydrogen (secondary N) is 1. The van der Waals surface area contributed by atoms with Crippen LogP contribution >= 0.6 is 0 Å². The number of amides is 1. The van der Waals surface area contributed by atoms with E-state index in [-0.39, 0.29) is 83.3 Å². The lowest BCUT2D eigenvalue weighted by Crippen LogP contribution is -2.30. The van der Waals surface area contributed by atoms with Crippen LogP contribution in [0.2, 0.25) is 0 Å². The molecule has 15 nitrogen and oxygen atoms in total. The summed E-state index contributed by atoms with van der Waals surface area (Å²) in [6, 6.07) is 32.5. The van der Waals surface area contributed by atoms with Crippen LogP contribution in [0, 0.1) is 0 Å². The van der Waals surface area contributed by atoms with Gasteiger partial charge in [-0.25, -0.2) is 4.79 Å². The quantitative estimate of drug-likeness (QED) is 0.0428. The molecule has 9 N–H and O–H groups in total. The molecule has 0 spiro atoms. The molecule has 0 radical (unpaired) electrons. The Morgan fingerprint density at radius 3 is 1.66 bits per heavy atom. The molecule has 15 heteroatoms. The van der Waals surface area contributed by atoms with Gasteiger partial charge in [-0.2, -0.15) is 0 Å². The third kappa shape index (κ3) is 10.2. The maximum absolute atomic E-state index is 12.7. The molecule has 4 atom stereocenters. The molecule has 0 fully saturated rings. The SMILES string of the molecule is O=C(CCc1ccccc1)Oc1ccc(C2Oc3cc(O)cc(O)c3CC2O)cc1OC(=O)NCc1ccccc1.Oc1cc(O)c2c(c1)OC(c1ccc(O)c(O)c1)C(O)C2. The molecule has 0 aliphatic carbocycles. The van der Waals surface area contributed by atoms with Gasteiger partial charge in [0.05, 0.1) is 12.2 Å². The van der Waals surface area contributed by atoms with Crippen molar-refractivity contribution in [3.63, 3.8) is 0 Å². The van der Waals surface area contributed by atoms with E-state index in [9.17, 15) is 50.4 Å². The number of carbonyl (C=O) groups is 2. The topological polar surface area (TPSA) is 245 Å². The lowest BCUT2D eigenvalue weighted by atomic mass is 9.94. The normalized spacial score (nSPS) is 17.4. The van der Waals surface area contributed by atoms with E-state index < -0.39 is 36.5 Å². The van der Waals surface area contributed by atoms with E-state index >= 15 is 0 Å². The molecular weight excluding hydrogens is 803 g/mol. The minimum Gasteiger partial charge on any atom is -0.508 e. The van der Waals surface area contributed by atoms with Crippen LogP contribution < -0.4 is 24.3 Å². The summed E-state index contributed by atoms with van der Waals surface area (Å²) in [5.41, 5.74) is 3.55. The first-order valence-corrected chi connectivity index (χ1v) is 19.5. The second kappa shape index (κ2) is 18.8. The van der Waals surface area contributed by atoms with E-state index in [1.165, 1.54) is 54.6 Å². The maximum Gasteiger partial charge on any atom is 0.413 e. The van der Waals surface area contributed by atoms with Crippen molar-refractivity contribution in [2.75, 3.05) is 0 Å². The Morgan fingerprint density at radius 2 is 1.10 bits per heavy atom. The number of aromatic hydroxyl groups is 6. The number of aliphatic hydroxyl groups is 2. The standard InChI is InChI=1S/C32H29NO8.C15H14O6/c34-23-16-25(35)24-18-26(36)31(40-28(24)17-23)22-12-13-27(39-30(37)14-11-20-7-3-1-4-8-20)29(15-22)41-32(38)33-19-21-9-5-2-6-10-21;16-8-4-11(18)9-6-13(20)15(21-14(9)5-8)7-1-2-10(17)12(19)3-7/h1-10,12-13,15-17,26,31,34-36H,11,14,18-19H2,(H,33,38);1-5,13,15-20H,6H2. The fraction of sp³-hybridized carbons (Fsp3) is 0.191. The van der Waals surface area contributed by atoms with E-state index in [0.717, 1.165) is 11.1 Å². The van der Waals surface area contributed by atoms with Crippen molar-refractivity contribution in [1.82, 2.24) is 5.32 Å². The zero-order valence-corrected chi connectivity index (χ0v) is 32.9. The van der Waals surface area contributed by atoms with Gasteiger partial charge in [0.1, 0.15) is 46.7 Å². The van der Waals surface area contributed by atoms with E-state index in [2.05, 4.69) is 5.32 Å².